The second kappa shape index (κ2) is 8.52. The fraction of sp³-hybridized carbons (Fsp3) is 0.318. The maximum Gasteiger partial charge on any atom is 0.243 e. The molecule has 1 aliphatic heterocycles. The molecule has 144 valence electrons. The van der Waals surface area contributed by atoms with E-state index in [0.29, 0.717) is 6.42 Å². The lowest BCUT2D eigenvalue weighted by Gasteiger charge is -2.24. The molecular formula is C22H24N4OS. The minimum absolute atomic E-state index is 0.0146. The number of carbonyl (C=O) groups excluding carboxylic acids is 1. The molecule has 0 radical (unpaired) electrons. The summed E-state index contributed by atoms with van der Waals surface area (Å²) in [4.78, 5) is 19.7. The number of benzene rings is 2. The van der Waals surface area contributed by atoms with E-state index in [-0.39, 0.29) is 18.0 Å². The smallest absolute Gasteiger partial charge is 0.243 e. The second-order valence-electron chi connectivity index (χ2n) is 7.15. The SMILES string of the molecule is C[C@@H](NC(=O)[C@@H]1CCCN1c1nc(Cc2ccccc2)ns1)c1ccccc1. The Hall–Kier alpha value is -2.73. The molecule has 1 fully saturated rings. The van der Waals surface area contributed by atoms with Crippen molar-refractivity contribution in [2.24, 2.45) is 0 Å². The van der Waals surface area contributed by atoms with Crippen LogP contribution in [0.25, 0.3) is 0 Å². The van der Waals surface area contributed by atoms with E-state index in [0.717, 1.165) is 35.9 Å². The van der Waals surface area contributed by atoms with Gasteiger partial charge in [0.25, 0.3) is 0 Å². The molecule has 28 heavy (non-hydrogen) atoms. The Morgan fingerprint density at radius 3 is 2.64 bits per heavy atom. The largest absolute Gasteiger partial charge is 0.348 e. The predicted molar refractivity (Wildman–Crippen MR) is 113 cm³/mol. The Bertz CT molecular complexity index is 913. The van der Waals surface area contributed by atoms with Crippen molar-refractivity contribution in [1.82, 2.24) is 14.7 Å². The van der Waals surface area contributed by atoms with Crippen LogP contribution >= 0.6 is 11.5 Å². The number of rotatable bonds is 6. The molecule has 2 aromatic carbocycles. The van der Waals surface area contributed by atoms with Gasteiger partial charge < -0.3 is 10.2 Å². The second-order valence-corrected chi connectivity index (χ2v) is 7.88. The summed E-state index contributed by atoms with van der Waals surface area (Å²) < 4.78 is 4.52. The van der Waals surface area contributed by atoms with E-state index in [4.69, 9.17) is 4.98 Å². The van der Waals surface area contributed by atoms with Crippen molar-refractivity contribution in [3.8, 4) is 0 Å². The van der Waals surface area contributed by atoms with Crippen molar-refractivity contribution >= 4 is 22.6 Å². The minimum Gasteiger partial charge on any atom is -0.348 e. The third-order valence-electron chi connectivity index (χ3n) is 5.12. The molecule has 2 heterocycles. The summed E-state index contributed by atoms with van der Waals surface area (Å²) in [5.74, 6) is 0.878. The summed E-state index contributed by atoms with van der Waals surface area (Å²) in [6, 6.07) is 20.1. The van der Waals surface area contributed by atoms with Gasteiger partial charge in [0.1, 0.15) is 11.9 Å². The summed E-state index contributed by atoms with van der Waals surface area (Å²) >= 11 is 1.39. The normalized spacial score (nSPS) is 17.5. The first-order valence-corrected chi connectivity index (χ1v) is 10.5. The van der Waals surface area contributed by atoms with E-state index in [1.807, 2.05) is 55.5 Å². The maximum absolute atomic E-state index is 12.9. The lowest BCUT2D eigenvalue weighted by molar-refractivity contribution is -0.122. The van der Waals surface area contributed by atoms with Crippen LogP contribution in [0.1, 0.15) is 42.8 Å². The zero-order valence-corrected chi connectivity index (χ0v) is 16.7. The highest BCUT2D eigenvalue weighted by Crippen LogP contribution is 2.28. The molecule has 0 bridgehead atoms. The van der Waals surface area contributed by atoms with Gasteiger partial charge in [-0.05, 0) is 30.9 Å². The fourth-order valence-electron chi connectivity index (χ4n) is 3.61. The first-order chi connectivity index (χ1) is 13.7. The van der Waals surface area contributed by atoms with E-state index in [1.165, 1.54) is 17.1 Å². The molecule has 1 aromatic heterocycles. The zero-order valence-electron chi connectivity index (χ0n) is 15.9. The molecule has 3 aromatic rings. The monoisotopic (exact) mass is 392 g/mol. The number of aromatic nitrogens is 2. The minimum atomic E-state index is -0.177. The topological polar surface area (TPSA) is 58.1 Å². The quantitative estimate of drug-likeness (QED) is 0.689. The Morgan fingerprint density at radius 2 is 1.89 bits per heavy atom. The van der Waals surface area contributed by atoms with Gasteiger partial charge in [-0.25, -0.2) is 4.98 Å². The highest BCUT2D eigenvalue weighted by Gasteiger charge is 2.33. The molecule has 0 aliphatic carbocycles. The lowest BCUT2D eigenvalue weighted by Crippen LogP contribution is -2.44. The van der Waals surface area contributed by atoms with Gasteiger partial charge >= 0.3 is 0 Å². The Labute approximate surface area is 169 Å². The number of hydrogen-bond donors (Lipinski definition) is 1. The van der Waals surface area contributed by atoms with E-state index >= 15 is 0 Å². The molecule has 1 amide bonds. The summed E-state index contributed by atoms with van der Waals surface area (Å²) in [5, 5.41) is 4.00. The Balaban J connectivity index is 1.42. The highest BCUT2D eigenvalue weighted by atomic mass is 32.1. The van der Waals surface area contributed by atoms with Gasteiger partial charge in [0.05, 0.1) is 6.04 Å². The molecule has 5 nitrogen and oxygen atoms in total. The average Bonchev–Trinajstić information content (AvgIpc) is 3.38. The average molecular weight is 393 g/mol. The van der Waals surface area contributed by atoms with Gasteiger partial charge in [-0.2, -0.15) is 4.37 Å². The Morgan fingerprint density at radius 1 is 1.18 bits per heavy atom. The molecule has 0 spiro atoms. The number of nitrogens with zero attached hydrogens (tertiary/aromatic N) is 3. The van der Waals surface area contributed by atoms with Crippen molar-refractivity contribution in [3.05, 3.63) is 77.6 Å². The van der Waals surface area contributed by atoms with Gasteiger partial charge in [-0.1, -0.05) is 60.7 Å². The standard InChI is InChI=1S/C22H24N4OS/c1-16(18-11-6-3-7-12-18)23-21(27)19-13-8-14-26(19)22-24-20(25-28-22)15-17-9-4-2-5-10-17/h2-7,9-12,16,19H,8,13-15H2,1H3,(H,23,27)/t16-,19+/m1/s1. The van der Waals surface area contributed by atoms with Crippen LogP contribution in [-0.4, -0.2) is 27.9 Å². The number of anilines is 1. The van der Waals surface area contributed by atoms with Crippen LogP contribution in [0.4, 0.5) is 5.13 Å². The summed E-state index contributed by atoms with van der Waals surface area (Å²) in [6.45, 7) is 2.87. The van der Waals surface area contributed by atoms with Crippen LogP contribution in [0, 0.1) is 0 Å². The zero-order chi connectivity index (χ0) is 19.3. The van der Waals surface area contributed by atoms with Crippen LogP contribution in [0.3, 0.4) is 0 Å². The van der Waals surface area contributed by atoms with Crippen LogP contribution < -0.4 is 10.2 Å². The van der Waals surface area contributed by atoms with E-state index in [9.17, 15) is 4.79 Å². The molecule has 1 aliphatic rings. The van der Waals surface area contributed by atoms with Crippen molar-refractivity contribution < 1.29 is 4.79 Å². The number of hydrogen-bond acceptors (Lipinski definition) is 5. The summed E-state index contributed by atoms with van der Waals surface area (Å²) in [7, 11) is 0. The van der Waals surface area contributed by atoms with Crippen molar-refractivity contribution in [2.75, 3.05) is 11.4 Å². The Kier molecular flexibility index (Phi) is 5.67. The molecule has 0 saturated carbocycles. The van der Waals surface area contributed by atoms with Gasteiger partial charge in [-0.15, -0.1) is 0 Å². The highest BCUT2D eigenvalue weighted by molar-refractivity contribution is 7.09. The molecule has 1 saturated heterocycles. The van der Waals surface area contributed by atoms with E-state index in [1.54, 1.807) is 0 Å². The van der Waals surface area contributed by atoms with Gasteiger partial charge in [-0.3, -0.25) is 4.79 Å². The summed E-state index contributed by atoms with van der Waals surface area (Å²) in [5.41, 5.74) is 2.31. The first kappa shape index (κ1) is 18.6. The molecule has 6 heteroatoms. The van der Waals surface area contributed by atoms with Crippen molar-refractivity contribution in [3.63, 3.8) is 0 Å². The van der Waals surface area contributed by atoms with Gasteiger partial charge in [0.2, 0.25) is 11.0 Å². The molecule has 0 unspecified atom stereocenters. The van der Waals surface area contributed by atoms with Gasteiger partial charge in [0.15, 0.2) is 0 Å². The third kappa shape index (κ3) is 4.22. The van der Waals surface area contributed by atoms with Crippen LogP contribution in [0.2, 0.25) is 0 Å². The third-order valence-corrected chi connectivity index (χ3v) is 5.91. The molecular weight excluding hydrogens is 368 g/mol. The van der Waals surface area contributed by atoms with Crippen LogP contribution in [-0.2, 0) is 11.2 Å². The first-order valence-electron chi connectivity index (χ1n) is 9.69. The van der Waals surface area contributed by atoms with Crippen molar-refractivity contribution in [1.29, 1.82) is 0 Å². The number of carbonyl (C=O) groups is 1. The predicted octanol–water partition coefficient (Wildman–Crippen LogP) is 3.98. The lowest BCUT2D eigenvalue weighted by atomic mass is 10.1. The maximum atomic E-state index is 12.9. The fourth-order valence-corrected chi connectivity index (χ4v) is 4.38. The van der Waals surface area contributed by atoms with Crippen LogP contribution in [0.5, 0.6) is 0 Å². The van der Waals surface area contributed by atoms with Crippen molar-refractivity contribution in [2.45, 2.75) is 38.3 Å². The van der Waals surface area contributed by atoms with Crippen LogP contribution in [0.15, 0.2) is 60.7 Å². The molecule has 2 atom stereocenters. The van der Waals surface area contributed by atoms with E-state index in [2.05, 4.69) is 26.7 Å². The summed E-state index contributed by atoms with van der Waals surface area (Å²) in [6.07, 6.45) is 2.55. The number of nitrogens with one attached hydrogen (secondary N) is 1. The number of amides is 1. The molecule has 1 N–H and O–H groups in total. The molecule has 4 rings (SSSR count). The van der Waals surface area contributed by atoms with E-state index < -0.39 is 0 Å². The van der Waals surface area contributed by atoms with Gasteiger partial charge in [0, 0.05) is 24.5 Å².